The fraction of sp³-hybridized carbons (Fsp3) is 0.421. The van der Waals surface area contributed by atoms with Crippen LogP contribution in [0.3, 0.4) is 0 Å². The SMILES string of the molecule is CCOC(=O)c1c(NC(=O)Cn2cc(F)ccc2=O)sc2c1CCC(C)C2. The van der Waals surface area contributed by atoms with E-state index in [9.17, 15) is 18.8 Å². The van der Waals surface area contributed by atoms with Gasteiger partial charge in [0.1, 0.15) is 17.4 Å². The normalized spacial score (nSPS) is 15.9. The van der Waals surface area contributed by atoms with Crippen LogP contribution in [0.2, 0.25) is 0 Å². The molecule has 2 heterocycles. The number of pyridine rings is 1. The highest BCUT2D eigenvalue weighted by atomic mass is 32.1. The van der Waals surface area contributed by atoms with Crippen molar-refractivity contribution >= 4 is 28.2 Å². The average Bonchev–Trinajstić information content (AvgIpc) is 2.95. The molecule has 0 aromatic carbocycles. The molecule has 1 N–H and O–H groups in total. The van der Waals surface area contributed by atoms with Crippen LogP contribution >= 0.6 is 11.3 Å². The number of ether oxygens (including phenoxy) is 1. The number of hydrogen-bond acceptors (Lipinski definition) is 5. The maximum absolute atomic E-state index is 13.3. The highest BCUT2D eigenvalue weighted by Crippen LogP contribution is 2.40. The lowest BCUT2D eigenvalue weighted by atomic mass is 9.88. The maximum Gasteiger partial charge on any atom is 0.341 e. The van der Waals surface area contributed by atoms with Crippen LogP contribution in [0.1, 0.15) is 41.1 Å². The fourth-order valence-electron chi connectivity index (χ4n) is 3.20. The number of aromatic nitrogens is 1. The number of anilines is 1. The number of carbonyl (C=O) groups excluding carboxylic acids is 2. The molecule has 8 heteroatoms. The van der Waals surface area contributed by atoms with Gasteiger partial charge in [0.25, 0.3) is 5.56 Å². The van der Waals surface area contributed by atoms with Gasteiger partial charge in [-0.05, 0) is 43.7 Å². The minimum absolute atomic E-state index is 0.242. The van der Waals surface area contributed by atoms with Gasteiger partial charge >= 0.3 is 5.97 Å². The third-order valence-electron chi connectivity index (χ3n) is 4.51. The Hall–Kier alpha value is -2.48. The molecule has 27 heavy (non-hydrogen) atoms. The summed E-state index contributed by atoms with van der Waals surface area (Å²) in [6.45, 7) is 3.79. The Bertz CT molecular complexity index is 934. The van der Waals surface area contributed by atoms with Crippen molar-refractivity contribution in [2.45, 2.75) is 39.7 Å². The van der Waals surface area contributed by atoms with Crippen LogP contribution < -0.4 is 10.9 Å². The number of carbonyl (C=O) groups is 2. The number of thiophene rings is 1. The quantitative estimate of drug-likeness (QED) is 0.794. The summed E-state index contributed by atoms with van der Waals surface area (Å²) in [6.07, 6.45) is 3.57. The molecule has 0 fully saturated rings. The molecule has 0 bridgehead atoms. The Balaban J connectivity index is 1.87. The first-order valence-electron chi connectivity index (χ1n) is 8.86. The molecule has 1 unspecified atom stereocenters. The third-order valence-corrected chi connectivity index (χ3v) is 5.68. The van der Waals surface area contributed by atoms with Crippen molar-refractivity contribution in [3.63, 3.8) is 0 Å². The van der Waals surface area contributed by atoms with Gasteiger partial charge in [0.2, 0.25) is 5.91 Å². The second kappa shape index (κ2) is 8.04. The molecule has 0 aliphatic heterocycles. The second-order valence-electron chi connectivity index (χ2n) is 6.64. The van der Waals surface area contributed by atoms with Gasteiger partial charge in [-0.3, -0.25) is 9.59 Å². The molecule has 1 amide bonds. The van der Waals surface area contributed by atoms with Gasteiger partial charge in [-0.2, -0.15) is 0 Å². The maximum atomic E-state index is 13.3. The lowest BCUT2D eigenvalue weighted by molar-refractivity contribution is -0.116. The molecule has 3 rings (SSSR count). The van der Waals surface area contributed by atoms with Crippen LogP contribution in [0.25, 0.3) is 0 Å². The minimum atomic E-state index is -0.602. The van der Waals surface area contributed by atoms with Crippen LogP contribution in [0, 0.1) is 11.7 Å². The van der Waals surface area contributed by atoms with Crippen LogP contribution in [0.15, 0.2) is 23.1 Å². The topological polar surface area (TPSA) is 77.4 Å². The van der Waals surface area contributed by atoms with Crippen molar-refractivity contribution in [1.29, 1.82) is 0 Å². The van der Waals surface area contributed by atoms with Crippen molar-refractivity contribution in [1.82, 2.24) is 4.57 Å². The van der Waals surface area contributed by atoms with E-state index in [1.165, 1.54) is 11.3 Å². The molecule has 0 saturated heterocycles. The number of nitrogens with one attached hydrogen (secondary N) is 1. The van der Waals surface area contributed by atoms with Gasteiger partial charge in [-0.1, -0.05) is 6.92 Å². The predicted molar refractivity (Wildman–Crippen MR) is 101 cm³/mol. The molecular weight excluding hydrogens is 371 g/mol. The zero-order valence-electron chi connectivity index (χ0n) is 15.2. The van der Waals surface area contributed by atoms with Crippen molar-refractivity contribution in [2.24, 2.45) is 5.92 Å². The minimum Gasteiger partial charge on any atom is -0.462 e. The summed E-state index contributed by atoms with van der Waals surface area (Å²) in [4.78, 5) is 37.7. The number of amides is 1. The second-order valence-corrected chi connectivity index (χ2v) is 7.74. The van der Waals surface area contributed by atoms with E-state index in [-0.39, 0.29) is 13.2 Å². The standard InChI is InChI=1S/C19H21FN2O4S/c1-3-26-19(25)17-13-6-4-11(2)8-14(13)27-18(17)21-15(23)10-22-9-12(20)5-7-16(22)24/h5,7,9,11H,3-4,6,8,10H2,1-2H3,(H,21,23). The summed E-state index contributed by atoms with van der Waals surface area (Å²) >= 11 is 1.37. The predicted octanol–water partition coefficient (Wildman–Crippen LogP) is 2.99. The first-order valence-corrected chi connectivity index (χ1v) is 9.68. The van der Waals surface area contributed by atoms with E-state index >= 15 is 0 Å². The summed E-state index contributed by atoms with van der Waals surface area (Å²) in [5, 5.41) is 3.15. The van der Waals surface area contributed by atoms with Gasteiger partial charge in [-0.15, -0.1) is 11.3 Å². The Morgan fingerprint density at radius 3 is 2.93 bits per heavy atom. The van der Waals surface area contributed by atoms with E-state index in [4.69, 9.17) is 4.74 Å². The molecule has 0 radical (unpaired) electrons. The zero-order chi connectivity index (χ0) is 19.6. The molecule has 1 atom stereocenters. The molecule has 144 valence electrons. The average molecular weight is 392 g/mol. The van der Waals surface area contributed by atoms with Crippen molar-refractivity contribution < 1.29 is 18.7 Å². The summed E-state index contributed by atoms with van der Waals surface area (Å²) in [7, 11) is 0. The van der Waals surface area contributed by atoms with E-state index in [0.717, 1.165) is 52.6 Å². The number of nitrogens with zero attached hydrogens (tertiary/aromatic N) is 1. The fourth-order valence-corrected chi connectivity index (χ4v) is 4.62. The Kier molecular flexibility index (Phi) is 5.74. The van der Waals surface area contributed by atoms with Gasteiger partial charge in [0.05, 0.1) is 12.2 Å². The summed E-state index contributed by atoms with van der Waals surface area (Å²) < 4.78 is 19.5. The summed E-state index contributed by atoms with van der Waals surface area (Å²) in [5.74, 6) is -1.04. The Morgan fingerprint density at radius 2 is 2.19 bits per heavy atom. The van der Waals surface area contributed by atoms with E-state index in [1.54, 1.807) is 6.92 Å². The lowest BCUT2D eigenvalue weighted by Gasteiger charge is -2.18. The molecule has 2 aromatic heterocycles. The smallest absolute Gasteiger partial charge is 0.341 e. The first-order chi connectivity index (χ1) is 12.9. The molecule has 1 aliphatic carbocycles. The molecule has 1 aliphatic rings. The highest BCUT2D eigenvalue weighted by Gasteiger charge is 2.29. The van der Waals surface area contributed by atoms with Crippen LogP contribution in [0.4, 0.5) is 9.39 Å². The lowest BCUT2D eigenvalue weighted by Crippen LogP contribution is -2.27. The number of hydrogen-bond donors (Lipinski definition) is 1. The third kappa shape index (κ3) is 4.27. The molecule has 0 spiro atoms. The van der Waals surface area contributed by atoms with Gasteiger partial charge in [0.15, 0.2) is 0 Å². The number of esters is 1. The van der Waals surface area contributed by atoms with E-state index < -0.39 is 23.3 Å². The van der Waals surface area contributed by atoms with Crippen molar-refractivity contribution in [2.75, 3.05) is 11.9 Å². The highest BCUT2D eigenvalue weighted by molar-refractivity contribution is 7.17. The molecular formula is C19H21FN2O4S. The number of rotatable bonds is 5. The Labute approximate surface area is 160 Å². The van der Waals surface area contributed by atoms with E-state index in [2.05, 4.69) is 12.2 Å². The zero-order valence-corrected chi connectivity index (χ0v) is 16.0. The van der Waals surface area contributed by atoms with E-state index in [0.29, 0.717) is 16.5 Å². The molecule has 6 nitrogen and oxygen atoms in total. The number of halogens is 1. The van der Waals surface area contributed by atoms with Crippen LogP contribution in [-0.2, 0) is 28.9 Å². The summed E-state index contributed by atoms with van der Waals surface area (Å²) in [6, 6.07) is 2.11. The number of fused-ring (bicyclic) bond motifs is 1. The van der Waals surface area contributed by atoms with Crippen molar-refractivity contribution in [3.05, 3.63) is 50.5 Å². The molecule has 2 aromatic rings. The van der Waals surface area contributed by atoms with Crippen molar-refractivity contribution in [3.8, 4) is 0 Å². The largest absolute Gasteiger partial charge is 0.462 e. The summed E-state index contributed by atoms with van der Waals surface area (Å²) in [5.41, 5.74) is 0.870. The van der Waals surface area contributed by atoms with Gasteiger partial charge in [-0.25, -0.2) is 9.18 Å². The van der Waals surface area contributed by atoms with Crippen LogP contribution in [-0.4, -0.2) is 23.1 Å². The van der Waals surface area contributed by atoms with Gasteiger partial charge < -0.3 is 14.6 Å². The molecule has 0 saturated carbocycles. The monoisotopic (exact) mass is 392 g/mol. The van der Waals surface area contributed by atoms with E-state index in [1.807, 2.05) is 0 Å². The first kappa shape index (κ1) is 19.3. The van der Waals surface area contributed by atoms with Crippen LogP contribution in [0.5, 0.6) is 0 Å². The Morgan fingerprint density at radius 1 is 1.41 bits per heavy atom. The van der Waals surface area contributed by atoms with Gasteiger partial charge in [0, 0.05) is 17.1 Å².